The lowest BCUT2D eigenvalue weighted by Crippen LogP contribution is -2.41. The summed E-state index contributed by atoms with van der Waals surface area (Å²) in [5.41, 5.74) is 1.10. The minimum Gasteiger partial charge on any atom is -0.493 e. The van der Waals surface area contributed by atoms with Crippen LogP contribution in [-0.4, -0.2) is 43.7 Å². The van der Waals surface area contributed by atoms with E-state index in [0.29, 0.717) is 32.6 Å². The van der Waals surface area contributed by atoms with Gasteiger partial charge in [-0.2, -0.15) is 0 Å². The van der Waals surface area contributed by atoms with Crippen LogP contribution in [0.2, 0.25) is 0 Å². The van der Waals surface area contributed by atoms with E-state index in [1.165, 1.54) is 0 Å². The molecule has 0 bridgehead atoms. The van der Waals surface area contributed by atoms with Gasteiger partial charge in [0.05, 0.1) is 13.2 Å². The third-order valence-electron chi connectivity index (χ3n) is 4.36. The van der Waals surface area contributed by atoms with Crippen molar-refractivity contribution in [3.8, 4) is 17.2 Å². The lowest BCUT2D eigenvalue weighted by Gasteiger charge is -2.29. The highest BCUT2D eigenvalue weighted by Gasteiger charge is 2.23. The van der Waals surface area contributed by atoms with Crippen molar-refractivity contribution < 1.29 is 19.0 Å². The number of ether oxygens (including phenoxy) is 3. The molecule has 0 radical (unpaired) electrons. The smallest absolute Gasteiger partial charge is 0.222 e. The van der Waals surface area contributed by atoms with Crippen LogP contribution < -0.4 is 14.2 Å². The summed E-state index contributed by atoms with van der Waals surface area (Å²) in [6, 6.07) is 15.5. The highest BCUT2D eigenvalue weighted by atomic mass is 16.6. The first-order chi connectivity index (χ1) is 12.6. The maximum Gasteiger partial charge on any atom is 0.222 e. The Labute approximate surface area is 154 Å². The van der Waals surface area contributed by atoms with Gasteiger partial charge < -0.3 is 19.1 Å². The molecule has 0 spiro atoms. The first-order valence-electron chi connectivity index (χ1n) is 8.94. The maximum absolute atomic E-state index is 12.3. The van der Waals surface area contributed by atoms with E-state index in [9.17, 15) is 4.79 Å². The average Bonchev–Trinajstić information content (AvgIpc) is 2.66. The number of hydrogen-bond acceptors (Lipinski definition) is 4. The molecule has 0 saturated heterocycles. The number of para-hydroxylation sites is 3. The third-order valence-corrected chi connectivity index (χ3v) is 4.36. The van der Waals surface area contributed by atoms with Crippen LogP contribution in [0.1, 0.15) is 18.4 Å². The topological polar surface area (TPSA) is 48.0 Å². The Balaban J connectivity index is 1.39. The van der Waals surface area contributed by atoms with Crippen LogP contribution in [0, 0.1) is 6.92 Å². The first-order valence-corrected chi connectivity index (χ1v) is 8.94. The number of hydrogen-bond donors (Lipinski definition) is 0. The molecule has 1 aliphatic heterocycles. The molecule has 3 rings (SSSR count). The van der Waals surface area contributed by atoms with Gasteiger partial charge in [0.2, 0.25) is 5.91 Å². The van der Waals surface area contributed by atoms with Crippen molar-refractivity contribution in [2.75, 3.05) is 26.8 Å². The van der Waals surface area contributed by atoms with Crippen LogP contribution in [0.5, 0.6) is 17.2 Å². The normalized spacial score (nSPS) is 15.4. The van der Waals surface area contributed by atoms with Crippen molar-refractivity contribution in [2.24, 2.45) is 0 Å². The zero-order valence-electron chi connectivity index (χ0n) is 15.3. The van der Waals surface area contributed by atoms with Gasteiger partial charge in [-0.25, -0.2) is 0 Å². The summed E-state index contributed by atoms with van der Waals surface area (Å²) >= 11 is 0. The van der Waals surface area contributed by atoms with E-state index in [2.05, 4.69) is 0 Å². The van der Waals surface area contributed by atoms with Crippen LogP contribution >= 0.6 is 0 Å². The van der Waals surface area contributed by atoms with Crippen LogP contribution in [0.4, 0.5) is 0 Å². The van der Waals surface area contributed by atoms with Crippen LogP contribution in [0.25, 0.3) is 0 Å². The molecule has 1 atom stereocenters. The summed E-state index contributed by atoms with van der Waals surface area (Å²) in [5, 5.41) is 0. The Bertz CT molecular complexity index is 746. The van der Waals surface area contributed by atoms with Gasteiger partial charge in [0.15, 0.2) is 17.6 Å². The second-order valence-corrected chi connectivity index (χ2v) is 6.49. The summed E-state index contributed by atoms with van der Waals surface area (Å²) in [6.45, 7) is 3.50. The van der Waals surface area contributed by atoms with Gasteiger partial charge in [-0.15, -0.1) is 0 Å². The Morgan fingerprint density at radius 1 is 1.15 bits per heavy atom. The second kappa shape index (κ2) is 8.61. The van der Waals surface area contributed by atoms with Gasteiger partial charge in [0.25, 0.3) is 0 Å². The van der Waals surface area contributed by atoms with E-state index in [0.717, 1.165) is 22.8 Å². The minimum absolute atomic E-state index is 0.0841. The van der Waals surface area contributed by atoms with Crippen molar-refractivity contribution in [2.45, 2.75) is 25.9 Å². The Morgan fingerprint density at radius 2 is 1.88 bits per heavy atom. The molecule has 2 aromatic carbocycles. The Kier molecular flexibility index (Phi) is 6.00. The van der Waals surface area contributed by atoms with E-state index in [1.807, 2.05) is 55.5 Å². The van der Waals surface area contributed by atoms with Crippen LogP contribution in [0.3, 0.4) is 0 Å². The van der Waals surface area contributed by atoms with Gasteiger partial charge in [-0.3, -0.25) is 4.79 Å². The molecule has 26 heavy (non-hydrogen) atoms. The zero-order chi connectivity index (χ0) is 18.4. The lowest BCUT2D eigenvalue weighted by atomic mass is 10.2. The largest absolute Gasteiger partial charge is 0.493 e. The summed E-state index contributed by atoms with van der Waals surface area (Å²) in [5.74, 6) is 2.45. The number of aryl methyl sites for hydroxylation is 1. The Morgan fingerprint density at radius 3 is 2.69 bits per heavy atom. The standard InChI is InChI=1S/C21H25NO4/c1-16-8-3-4-9-18(16)24-13-7-12-21(23)22(2)14-17-15-25-19-10-5-6-11-20(19)26-17/h3-6,8-11,17H,7,12-15H2,1-2H3. The van der Waals surface area contributed by atoms with E-state index in [-0.39, 0.29) is 12.0 Å². The third kappa shape index (κ3) is 4.69. The molecule has 1 unspecified atom stereocenters. The number of likely N-dealkylation sites (N-methyl/N-ethyl adjacent to an activating group) is 1. The van der Waals surface area contributed by atoms with E-state index < -0.39 is 0 Å². The first kappa shape index (κ1) is 18.1. The van der Waals surface area contributed by atoms with Crippen molar-refractivity contribution in [1.29, 1.82) is 0 Å². The Hall–Kier alpha value is -2.69. The molecule has 1 aliphatic rings. The lowest BCUT2D eigenvalue weighted by molar-refractivity contribution is -0.131. The van der Waals surface area contributed by atoms with E-state index >= 15 is 0 Å². The van der Waals surface area contributed by atoms with Crippen molar-refractivity contribution in [1.82, 2.24) is 4.90 Å². The molecule has 5 heteroatoms. The average molecular weight is 355 g/mol. The molecule has 1 heterocycles. The summed E-state index contributed by atoms with van der Waals surface area (Å²) in [7, 11) is 1.80. The fourth-order valence-electron chi connectivity index (χ4n) is 2.88. The van der Waals surface area contributed by atoms with Crippen molar-refractivity contribution in [3.63, 3.8) is 0 Å². The van der Waals surface area contributed by atoms with E-state index in [1.54, 1.807) is 11.9 Å². The fraction of sp³-hybridized carbons (Fsp3) is 0.381. The van der Waals surface area contributed by atoms with Crippen LogP contribution in [-0.2, 0) is 4.79 Å². The highest BCUT2D eigenvalue weighted by molar-refractivity contribution is 5.75. The van der Waals surface area contributed by atoms with Gasteiger partial charge in [0.1, 0.15) is 12.4 Å². The molecule has 0 N–H and O–H groups in total. The molecule has 0 saturated carbocycles. The zero-order valence-corrected chi connectivity index (χ0v) is 15.3. The summed E-state index contributed by atoms with van der Waals surface area (Å²) in [4.78, 5) is 14.0. The molecular weight excluding hydrogens is 330 g/mol. The van der Waals surface area contributed by atoms with Crippen LogP contribution in [0.15, 0.2) is 48.5 Å². The number of carbonyl (C=O) groups excluding carboxylic acids is 1. The second-order valence-electron chi connectivity index (χ2n) is 6.49. The van der Waals surface area contributed by atoms with Gasteiger partial charge in [0, 0.05) is 13.5 Å². The molecule has 0 fully saturated rings. The number of nitrogens with zero attached hydrogens (tertiary/aromatic N) is 1. The summed E-state index contributed by atoms with van der Waals surface area (Å²) < 4.78 is 17.3. The summed E-state index contributed by atoms with van der Waals surface area (Å²) in [6.07, 6.45) is 0.983. The molecular formula is C21H25NO4. The minimum atomic E-state index is -0.151. The quantitative estimate of drug-likeness (QED) is 0.714. The maximum atomic E-state index is 12.3. The fourth-order valence-corrected chi connectivity index (χ4v) is 2.88. The van der Waals surface area contributed by atoms with Gasteiger partial charge >= 0.3 is 0 Å². The molecule has 0 aliphatic carbocycles. The van der Waals surface area contributed by atoms with Crippen molar-refractivity contribution >= 4 is 5.91 Å². The number of rotatable bonds is 7. The number of carbonyl (C=O) groups is 1. The molecule has 138 valence electrons. The van der Waals surface area contributed by atoms with Crippen molar-refractivity contribution in [3.05, 3.63) is 54.1 Å². The number of fused-ring (bicyclic) bond motifs is 1. The van der Waals surface area contributed by atoms with Gasteiger partial charge in [-0.1, -0.05) is 30.3 Å². The van der Waals surface area contributed by atoms with Gasteiger partial charge in [-0.05, 0) is 37.1 Å². The molecule has 1 amide bonds. The molecule has 0 aromatic heterocycles. The molecule has 2 aromatic rings. The van der Waals surface area contributed by atoms with E-state index in [4.69, 9.17) is 14.2 Å². The number of amides is 1. The SMILES string of the molecule is Cc1ccccc1OCCCC(=O)N(C)CC1COc2ccccc2O1. The number of benzene rings is 2. The monoisotopic (exact) mass is 355 g/mol. The predicted octanol–water partition coefficient (Wildman–Crippen LogP) is 3.45. The predicted molar refractivity (Wildman–Crippen MR) is 99.9 cm³/mol. The molecule has 5 nitrogen and oxygen atoms in total. The highest BCUT2D eigenvalue weighted by Crippen LogP contribution is 2.31.